The average Bonchev–Trinajstić information content (AvgIpc) is 2.80. The van der Waals surface area contributed by atoms with Crippen molar-refractivity contribution in [3.63, 3.8) is 0 Å². The van der Waals surface area contributed by atoms with Gasteiger partial charge in [0, 0.05) is 43.1 Å². The molecule has 160 valence electrons. The summed E-state index contributed by atoms with van der Waals surface area (Å²) in [6, 6.07) is 11.3. The van der Waals surface area contributed by atoms with Crippen LogP contribution >= 0.6 is 0 Å². The molecule has 3 aromatic rings. The Kier molecular flexibility index (Phi) is 6.18. The maximum atomic E-state index is 11.2. The van der Waals surface area contributed by atoms with E-state index < -0.39 is 0 Å². The number of pyridine rings is 1. The van der Waals surface area contributed by atoms with Gasteiger partial charge < -0.3 is 25.0 Å². The van der Waals surface area contributed by atoms with E-state index in [9.17, 15) is 4.79 Å². The summed E-state index contributed by atoms with van der Waals surface area (Å²) in [6.07, 6.45) is 1.74. The molecule has 10 nitrogen and oxygen atoms in total. The summed E-state index contributed by atoms with van der Waals surface area (Å²) in [6.45, 7) is 4.51. The van der Waals surface area contributed by atoms with Crippen molar-refractivity contribution >= 4 is 29.0 Å². The SMILES string of the molecule is COc1nc(Nc2ccc(NC(C)=O)cc2)nc(-c2ccc(N3CCOCC3)nc2)n1. The minimum absolute atomic E-state index is 0.124. The first-order chi connectivity index (χ1) is 15.1. The standard InChI is InChI=1S/C21H23N7O3/c1-14(29)23-16-4-6-17(7-5-16)24-20-25-19(26-21(27-20)30-2)15-3-8-18(22-13-15)28-9-11-31-12-10-28/h3-8,13H,9-12H2,1-2H3,(H,23,29)(H,24,25,26,27). The van der Waals surface area contributed by atoms with E-state index in [0.29, 0.717) is 30.7 Å². The summed E-state index contributed by atoms with van der Waals surface area (Å²) in [5.41, 5.74) is 2.22. The van der Waals surface area contributed by atoms with Crippen LogP contribution in [0.5, 0.6) is 6.01 Å². The van der Waals surface area contributed by atoms with Crippen LogP contribution in [0, 0.1) is 0 Å². The number of hydrogen-bond donors (Lipinski definition) is 2. The van der Waals surface area contributed by atoms with Gasteiger partial charge in [-0.15, -0.1) is 0 Å². The topological polar surface area (TPSA) is 114 Å². The smallest absolute Gasteiger partial charge is 0.321 e. The highest BCUT2D eigenvalue weighted by atomic mass is 16.5. The predicted octanol–water partition coefficient (Wildman–Crippen LogP) is 2.48. The van der Waals surface area contributed by atoms with Crippen molar-refractivity contribution in [1.82, 2.24) is 19.9 Å². The van der Waals surface area contributed by atoms with E-state index in [0.717, 1.165) is 30.2 Å². The number of rotatable bonds is 6. The fraction of sp³-hybridized carbons (Fsp3) is 0.286. The third kappa shape index (κ3) is 5.23. The number of carbonyl (C=O) groups excluding carboxylic acids is 1. The zero-order valence-electron chi connectivity index (χ0n) is 17.3. The van der Waals surface area contributed by atoms with Crippen LogP contribution in [0.25, 0.3) is 11.4 Å². The molecule has 0 saturated carbocycles. The van der Waals surface area contributed by atoms with Crippen LogP contribution in [0.4, 0.5) is 23.1 Å². The molecule has 0 aliphatic carbocycles. The van der Waals surface area contributed by atoms with Crippen molar-refractivity contribution in [2.75, 3.05) is 48.9 Å². The third-order valence-electron chi connectivity index (χ3n) is 4.60. The third-order valence-corrected chi connectivity index (χ3v) is 4.60. The van der Waals surface area contributed by atoms with E-state index in [2.05, 4.69) is 35.5 Å². The number of ether oxygens (including phenoxy) is 2. The number of morpholine rings is 1. The summed E-state index contributed by atoms with van der Waals surface area (Å²) in [5.74, 6) is 1.56. The van der Waals surface area contributed by atoms with Gasteiger partial charge in [-0.25, -0.2) is 4.98 Å². The Hall–Kier alpha value is -3.79. The van der Waals surface area contributed by atoms with Crippen LogP contribution in [-0.4, -0.2) is 59.3 Å². The maximum Gasteiger partial charge on any atom is 0.321 e. The summed E-state index contributed by atoms with van der Waals surface area (Å²) in [4.78, 5) is 31.0. The Labute approximate surface area is 179 Å². The number of nitrogens with one attached hydrogen (secondary N) is 2. The quantitative estimate of drug-likeness (QED) is 0.619. The molecule has 31 heavy (non-hydrogen) atoms. The molecule has 1 aliphatic heterocycles. The van der Waals surface area contributed by atoms with Crippen LogP contribution in [0.15, 0.2) is 42.6 Å². The Morgan fingerprint density at radius 1 is 1.03 bits per heavy atom. The van der Waals surface area contributed by atoms with Crippen molar-refractivity contribution in [3.8, 4) is 17.4 Å². The van der Waals surface area contributed by atoms with Gasteiger partial charge in [0.15, 0.2) is 5.82 Å². The highest BCUT2D eigenvalue weighted by Crippen LogP contribution is 2.23. The lowest BCUT2D eigenvalue weighted by molar-refractivity contribution is -0.114. The van der Waals surface area contributed by atoms with Gasteiger partial charge in [-0.2, -0.15) is 15.0 Å². The van der Waals surface area contributed by atoms with Gasteiger partial charge >= 0.3 is 6.01 Å². The van der Waals surface area contributed by atoms with Crippen molar-refractivity contribution in [1.29, 1.82) is 0 Å². The van der Waals surface area contributed by atoms with Gasteiger partial charge in [0.2, 0.25) is 11.9 Å². The number of methoxy groups -OCH3 is 1. The summed E-state index contributed by atoms with van der Waals surface area (Å²) in [7, 11) is 1.50. The lowest BCUT2D eigenvalue weighted by Crippen LogP contribution is -2.36. The molecule has 0 atom stereocenters. The first-order valence-electron chi connectivity index (χ1n) is 9.84. The van der Waals surface area contributed by atoms with E-state index in [1.165, 1.54) is 14.0 Å². The normalized spacial score (nSPS) is 13.5. The Bertz CT molecular complexity index is 1040. The molecule has 4 rings (SSSR count). The molecule has 2 aromatic heterocycles. The number of carbonyl (C=O) groups is 1. The van der Waals surface area contributed by atoms with Crippen molar-refractivity contribution in [2.45, 2.75) is 6.92 Å². The van der Waals surface area contributed by atoms with Gasteiger partial charge in [0.1, 0.15) is 5.82 Å². The fourth-order valence-electron chi connectivity index (χ4n) is 3.10. The lowest BCUT2D eigenvalue weighted by atomic mass is 10.2. The Morgan fingerprint density at radius 3 is 2.42 bits per heavy atom. The predicted molar refractivity (Wildman–Crippen MR) is 117 cm³/mol. The number of anilines is 4. The summed E-state index contributed by atoms with van der Waals surface area (Å²) >= 11 is 0. The number of amides is 1. The molecular weight excluding hydrogens is 398 g/mol. The van der Waals surface area contributed by atoms with E-state index in [1.54, 1.807) is 18.3 Å². The highest BCUT2D eigenvalue weighted by molar-refractivity contribution is 5.88. The van der Waals surface area contributed by atoms with E-state index >= 15 is 0 Å². The lowest BCUT2D eigenvalue weighted by Gasteiger charge is -2.27. The molecule has 0 unspecified atom stereocenters. The number of aromatic nitrogens is 4. The van der Waals surface area contributed by atoms with Gasteiger partial charge in [-0.1, -0.05) is 0 Å². The van der Waals surface area contributed by atoms with Gasteiger partial charge in [0.25, 0.3) is 0 Å². The van der Waals surface area contributed by atoms with E-state index in [4.69, 9.17) is 9.47 Å². The molecule has 0 spiro atoms. The molecule has 2 N–H and O–H groups in total. The molecule has 10 heteroatoms. The minimum atomic E-state index is -0.124. The van der Waals surface area contributed by atoms with Crippen molar-refractivity contribution in [3.05, 3.63) is 42.6 Å². The number of benzene rings is 1. The molecule has 3 heterocycles. The zero-order chi connectivity index (χ0) is 21.6. The monoisotopic (exact) mass is 421 g/mol. The molecule has 1 fully saturated rings. The van der Waals surface area contributed by atoms with Crippen LogP contribution in [0.2, 0.25) is 0 Å². The van der Waals surface area contributed by atoms with Crippen LogP contribution < -0.4 is 20.3 Å². The summed E-state index contributed by atoms with van der Waals surface area (Å²) in [5, 5.41) is 5.86. The minimum Gasteiger partial charge on any atom is -0.467 e. The molecule has 1 saturated heterocycles. The Balaban J connectivity index is 1.53. The average molecular weight is 421 g/mol. The second-order valence-corrected chi connectivity index (χ2v) is 6.86. The van der Waals surface area contributed by atoms with Crippen LogP contribution in [0.3, 0.4) is 0 Å². The number of nitrogens with zero attached hydrogens (tertiary/aromatic N) is 5. The second kappa shape index (κ2) is 9.35. The number of hydrogen-bond acceptors (Lipinski definition) is 9. The van der Waals surface area contributed by atoms with Crippen LogP contribution in [-0.2, 0) is 9.53 Å². The van der Waals surface area contributed by atoms with Crippen LogP contribution in [0.1, 0.15) is 6.92 Å². The van der Waals surface area contributed by atoms with Crippen molar-refractivity contribution in [2.24, 2.45) is 0 Å². The summed E-state index contributed by atoms with van der Waals surface area (Å²) < 4.78 is 10.6. The fourth-order valence-corrected chi connectivity index (χ4v) is 3.10. The molecule has 1 aliphatic rings. The first kappa shape index (κ1) is 20.5. The largest absolute Gasteiger partial charge is 0.467 e. The first-order valence-corrected chi connectivity index (χ1v) is 9.84. The molecule has 0 bridgehead atoms. The second-order valence-electron chi connectivity index (χ2n) is 6.86. The molecule has 0 radical (unpaired) electrons. The zero-order valence-corrected chi connectivity index (χ0v) is 17.3. The molecule has 1 aromatic carbocycles. The van der Waals surface area contributed by atoms with Crippen molar-refractivity contribution < 1.29 is 14.3 Å². The van der Waals surface area contributed by atoms with Gasteiger partial charge in [0.05, 0.1) is 20.3 Å². The highest BCUT2D eigenvalue weighted by Gasteiger charge is 2.14. The maximum absolute atomic E-state index is 11.2. The van der Waals surface area contributed by atoms with E-state index in [1.807, 2.05) is 24.3 Å². The molecule has 1 amide bonds. The van der Waals surface area contributed by atoms with E-state index in [-0.39, 0.29) is 11.9 Å². The molecular formula is C21H23N7O3. The Morgan fingerprint density at radius 2 is 1.77 bits per heavy atom. The van der Waals surface area contributed by atoms with Gasteiger partial charge in [-0.3, -0.25) is 4.79 Å². The van der Waals surface area contributed by atoms with Gasteiger partial charge in [-0.05, 0) is 36.4 Å².